The van der Waals surface area contributed by atoms with Gasteiger partial charge in [0.05, 0.1) is 23.4 Å². The molecule has 0 aromatic heterocycles. The molecule has 36 heavy (non-hydrogen) atoms. The number of hydrogen-bond donors (Lipinski definition) is 1. The number of thioether (sulfide) groups is 1. The van der Waals surface area contributed by atoms with E-state index in [1.807, 2.05) is 66.9 Å². The summed E-state index contributed by atoms with van der Waals surface area (Å²) in [5.41, 5.74) is 4.68. The van der Waals surface area contributed by atoms with Crippen molar-refractivity contribution in [1.82, 2.24) is 4.90 Å². The van der Waals surface area contributed by atoms with E-state index in [9.17, 15) is 4.79 Å². The third kappa shape index (κ3) is 4.67. The number of ether oxygens (including phenoxy) is 2. The highest BCUT2D eigenvalue weighted by Crippen LogP contribution is 2.40. The predicted octanol–water partition coefficient (Wildman–Crippen LogP) is 6.54. The standard InChI is InChI=1S/C28H22ClN3O3S/c1-17-8-10-18(11-9-17)15-35-25-22(29)13-19(14-24(25)34-2)12-21-26(30)32-23(20-6-4-3-5-7-20)16-36-28(32)31-27(21)33/h3-14,16,30H,15H2,1-2H3/b21-12-,30-26?. The monoisotopic (exact) mass is 515 g/mol. The average Bonchev–Trinajstić information content (AvgIpc) is 3.31. The molecule has 0 radical (unpaired) electrons. The first kappa shape index (κ1) is 23.9. The molecule has 3 aromatic carbocycles. The zero-order valence-electron chi connectivity index (χ0n) is 19.6. The van der Waals surface area contributed by atoms with Crippen molar-refractivity contribution in [2.24, 2.45) is 4.99 Å². The second kappa shape index (κ2) is 10.0. The summed E-state index contributed by atoms with van der Waals surface area (Å²) in [6.07, 6.45) is 1.61. The third-order valence-electron chi connectivity index (χ3n) is 5.75. The average molecular weight is 516 g/mol. The van der Waals surface area contributed by atoms with Gasteiger partial charge in [-0.1, -0.05) is 83.5 Å². The highest BCUT2D eigenvalue weighted by molar-refractivity contribution is 8.17. The first-order chi connectivity index (χ1) is 17.4. The normalized spacial score (nSPS) is 16.1. The van der Waals surface area contributed by atoms with Gasteiger partial charge in [0.1, 0.15) is 12.4 Å². The largest absolute Gasteiger partial charge is 0.493 e. The van der Waals surface area contributed by atoms with Crippen molar-refractivity contribution in [2.75, 3.05) is 7.11 Å². The van der Waals surface area contributed by atoms with Crippen molar-refractivity contribution < 1.29 is 14.3 Å². The number of nitrogens with zero attached hydrogens (tertiary/aromatic N) is 2. The number of aliphatic imine (C=N–C) groups is 1. The number of rotatable bonds is 6. The lowest BCUT2D eigenvalue weighted by molar-refractivity contribution is -0.114. The summed E-state index contributed by atoms with van der Waals surface area (Å²) < 4.78 is 11.5. The predicted molar refractivity (Wildman–Crippen MR) is 146 cm³/mol. The molecule has 1 amide bonds. The summed E-state index contributed by atoms with van der Waals surface area (Å²) in [4.78, 5) is 18.7. The number of amidine groups is 2. The van der Waals surface area contributed by atoms with Crippen LogP contribution in [0.15, 0.2) is 82.7 Å². The summed E-state index contributed by atoms with van der Waals surface area (Å²) in [6.45, 7) is 2.36. The highest BCUT2D eigenvalue weighted by Gasteiger charge is 2.36. The van der Waals surface area contributed by atoms with Gasteiger partial charge in [0.15, 0.2) is 16.7 Å². The SMILES string of the molecule is COc1cc(/C=C2/C(=N)N3C(c4ccccc4)=CSC3=NC2=O)cc(Cl)c1OCc1ccc(C)cc1. The molecule has 0 unspecified atom stereocenters. The van der Waals surface area contributed by atoms with Crippen LogP contribution in [-0.4, -0.2) is 28.9 Å². The fraction of sp³-hybridized carbons (Fsp3) is 0.107. The minimum absolute atomic E-state index is 0.0555. The molecule has 2 aliphatic heterocycles. The lowest BCUT2D eigenvalue weighted by Gasteiger charge is -2.27. The fourth-order valence-corrected chi connectivity index (χ4v) is 5.05. The number of amides is 1. The molecule has 0 saturated heterocycles. The molecule has 8 heteroatoms. The van der Waals surface area contributed by atoms with Crippen LogP contribution < -0.4 is 9.47 Å². The molecule has 0 atom stereocenters. The number of halogens is 1. The molecule has 0 spiro atoms. The van der Waals surface area contributed by atoms with Crippen molar-refractivity contribution in [1.29, 1.82) is 5.41 Å². The van der Waals surface area contributed by atoms with Gasteiger partial charge in [-0.3, -0.25) is 15.1 Å². The van der Waals surface area contributed by atoms with E-state index in [0.717, 1.165) is 16.8 Å². The zero-order chi connectivity index (χ0) is 25.2. The van der Waals surface area contributed by atoms with Crippen molar-refractivity contribution in [2.45, 2.75) is 13.5 Å². The Labute approximate surface area is 218 Å². The highest BCUT2D eigenvalue weighted by atomic mass is 35.5. The maximum Gasteiger partial charge on any atom is 0.283 e. The van der Waals surface area contributed by atoms with Gasteiger partial charge in [0.2, 0.25) is 0 Å². The van der Waals surface area contributed by atoms with Crippen LogP contribution in [0.1, 0.15) is 22.3 Å². The lowest BCUT2D eigenvalue weighted by atomic mass is 10.1. The van der Waals surface area contributed by atoms with Crippen molar-refractivity contribution in [3.63, 3.8) is 0 Å². The Morgan fingerprint density at radius 3 is 2.58 bits per heavy atom. The molecule has 0 aliphatic carbocycles. The molecule has 6 nitrogen and oxygen atoms in total. The van der Waals surface area contributed by atoms with Crippen LogP contribution >= 0.6 is 23.4 Å². The fourth-order valence-electron chi connectivity index (χ4n) is 3.88. The number of aryl methyl sites for hydroxylation is 1. The Balaban J connectivity index is 1.43. The minimum atomic E-state index is -0.476. The van der Waals surface area contributed by atoms with Gasteiger partial charge in [-0.15, -0.1) is 0 Å². The minimum Gasteiger partial charge on any atom is -0.493 e. The van der Waals surface area contributed by atoms with E-state index in [4.69, 9.17) is 26.5 Å². The van der Waals surface area contributed by atoms with Crippen LogP contribution in [0, 0.1) is 12.3 Å². The molecular weight excluding hydrogens is 494 g/mol. The number of carbonyl (C=O) groups is 1. The number of fused-ring (bicyclic) bond motifs is 1. The van der Waals surface area contributed by atoms with Crippen molar-refractivity contribution >= 4 is 52.0 Å². The van der Waals surface area contributed by atoms with E-state index in [2.05, 4.69) is 4.99 Å². The molecule has 3 aromatic rings. The van der Waals surface area contributed by atoms with E-state index >= 15 is 0 Å². The van der Waals surface area contributed by atoms with Crippen molar-refractivity contribution in [3.05, 3.63) is 105 Å². The van der Waals surface area contributed by atoms with Gasteiger partial charge in [-0.25, -0.2) is 0 Å². The second-order valence-electron chi connectivity index (χ2n) is 8.24. The van der Waals surface area contributed by atoms with Gasteiger partial charge >= 0.3 is 0 Å². The summed E-state index contributed by atoms with van der Waals surface area (Å²) in [6, 6.07) is 21.2. The third-order valence-corrected chi connectivity index (χ3v) is 6.86. The molecule has 0 fully saturated rings. The lowest BCUT2D eigenvalue weighted by Crippen LogP contribution is -2.38. The topological polar surface area (TPSA) is 75.0 Å². The first-order valence-corrected chi connectivity index (χ1v) is 12.4. The van der Waals surface area contributed by atoms with Gasteiger partial charge in [-0.2, -0.15) is 4.99 Å². The van der Waals surface area contributed by atoms with E-state index in [1.165, 1.54) is 24.4 Å². The van der Waals surface area contributed by atoms with Gasteiger partial charge in [-0.05, 0) is 41.8 Å². The van der Waals surface area contributed by atoms with Crippen LogP contribution in [0.25, 0.3) is 11.8 Å². The van der Waals surface area contributed by atoms with Gasteiger partial charge in [0.25, 0.3) is 5.91 Å². The summed E-state index contributed by atoms with van der Waals surface area (Å²) in [5.74, 6) is 0.427. The van der Waals surface area contributed by atoms with E-state index in [1.54, 1.807) is 23.1 Å². The quantitative estimate of drug-likeness (QED) is 0.377. The Morgan fingerprint density at radius 2 is 1.86 bits per heavy atom. The number of methoxy groups -OCH3 is 1. The molecule has 2 aliphatic rings. The smallest absolute Gasteiger partial charge is 0.283 e. The zero-order valence-corrected chi connectivity index (χ0v) is 21.2. The number of carbonyl (C=O) groups excluding carboxylic acids is 1. The molecular formula is C28H22ClN3O3S. The molecule has 0 bridgehead atoms. The summed E-state index contributed by atoms with van der Waals surface area (Å²) >= 11 is 7.89. The molecule has 1 N–H and O–H groups in total. The van der Waals surface area contributed by atoms with Crippen LogP contribution in [0.3, 0.4) is 0 Å². The maximum atomic E-state index is 12.8. The number of hydrogen-bond acceptors (Lipinski definition) is 5. The Hall–Kier alpha value is -3.81. The van der Waals surface area contributed by atoms with Gasteiger partial charge in [0, 0.05) is 5.41 Å². The first-order valence-electron chi connectivity index (χ1n) is 11.2. The van der Waals surface area contributed by atoms with Crippen LogP contribution in [0.2, 0.25) is 5.02 Å². The molecule has 0 saturated carbocycles. The molecule has 5 rings (SSSR count). The Morgan fingerprint density at radius 1 is 1.11 bits per heavy atom. The van der Waals surface area contributed by atoms with Crippen LogP contribution in [0.4, 0.5) is 0 Å². The van der Waals surface area contributed by atoms with E-state index in [-0.39, 0.29) is 11.4 Å². The number of nitrogens with one attached hydrogen (secondary N) is 1. The van der Waals surface area contributed by atoms with E-state index < -0.39 is 5.91 Å². The summed E-state index contributed by atoms with van der Waals surface area (Å²) in [5, 5.41) is 11.5. The Bertz CT molecular complexity index is 1450. The van der Waals surface area contributed by atoms with Crippen LogP contribution in [-0.2, 0) is 11.4 Å². The summed E-state index contributed by atoms with van der Waals surface area (Å²) in [7, 11) is 1.53. The maximum absolute atomic E-state index is 12.8. The molecule has 2 heterocycles. The number of benzene rings is 3. The van der Waals surface area contributed by atoms with Crippen LogP contribution in [0.5, 0.6) is 11.5 Å². The van der Waals surface area contributed by atoms with Gasteiger partial charge < -0.3 is 9.47 Å². The molecule has 180 valence electrons. The van der Waals surface area contributed by atoms with E-state index in [0.29, 0.717) is 33.9 Å². The second-order valence-corrected chi connectivity index (χ2v) is 9.48. The van der Waals surface area contributed by atoms with Crippen molar-refractivity contribution in [3.8, 4) is 11.5 Å². The Kier molecular flexibility index (Phi) is 6.67.